The number of aliphatic carboxylic acids is 1. The third-order valence-corrected chi connectivity index (χ3v) is 7.17. The van der Waals surface area contributed by atoms with Gasteiger partial charge < -0.3 is 10.0 Å². The van der Waals surface area contributed by atoms with Gasteiger partial charge in [0.25, 0.3) is 0 Å². The molecule has 1 N–H and O–H groups in total. The molecule has 0 unspecified atom stereocenters. The number of Topliss-reactive ketones (excluding diaryl/α,β-unsaturated/α-hetero) is 4. The van der Waals surface area contributed by atoms with E-state index < -0.39 is 11.9 Å². The van der Waals surface area contributed by atoms with Crippen molar-refractivity contribution in [3.63, 3.8) is 0 Å². The van der Waals surface area contributed by atoms with Crippen molar-refractivity contribution >= 4 is 35.0 Å². The minimum Gasteiger partial charge on any atom is -0.478 e. The van der Waals surface area contributed by atoms with Crippen LogP contribution in [0.15, 0.2) is 34.4 Å². The van der Waals surface area contributed by atoms with Crippen LogP contribution >= 0.6 is 0 Å². The Labute approximate surface area is 225 Å². The number of ketones is 4. The normalized spacial score (nSPS) is 19.2. The van der Waals surface area contributed by atoms with Gasteiger partial charge in [0.1, 0.15) is 0 Å². The Hall–Kier alpha value is -3.16. The van der Waals surface area contributed by atoms with Gasteiger partial charge in [0.05, 0.1) is 11.1 Å². The zero-order valence-corrected chi connectivity index (χ0v) is 23.6. The second-order valence-corrected chi connectivity index (χ2v) is 12.2. The zero-order valence-electron chi connectivity index (χ0n) is 23.6. The first-order valence-electron chi connectivity index (χ1n) is 13.3. The summed E-state index contributed by atoms with van der Waals surface area (Å²) >= 11 is 0. The van der Waals surface area contributed by atoms with Crippen molar-refractivity contribution in [2.45, 2.75) is 92.9 Å². The average Bonchev–Trinajstić information content (AvgIpc) is 2.73. The van der Waals surface area contributed by atoms with Gasteiger partial charge in [-0.1, -0.05) is 38.8 Å². The molecule has 0 bridgehead atoms. The Morgan fingerprint density at radius 3 is 1.37 bits per heavy atom. The van der Waals surface area contributed by atoms with Crippen LogP contribution in [0.3, 0.4) is 0 Å². The van der Waals surface area contributed by atoms with E-state index in [1.807, 2.05) is 27.7 Å². The lowest BCUT2D eigenvalue weighted by atomic mass is 9.73. The van der Waals surface area contributed by atoms with E-state index in [0.717, 1.165) is 12.2 Å². The molecule has 0 aliphatic heterocycles. The summed E-state index contributed by atoms with van der Waals surface area (Å²) in [6, 6.07) is 0. The summed E-state index contributed by atoms with van der Waals surface area (Å²) in [5.41, 5.74) is 1.30. The number of hydrogen-bond acceptors (Lipinski definition) is 6. The fraction of sp³-hybridized carbons (Fsp3) is 0.600. The second kappa shape index (κ2) is 12.6. The number of carbonyl (C=O) groups is 6. The molecular weight excluding hydrogens is 486 g/mol. The van der Waals surface area contributed by atoms with E-state index in [0.29, 0.717) is 75.6 Å². The highest BCUT2D eigenvalue weighted by atomic mass is 16.4. The summed E-state index contributed by atoms with van der Waals surface area (Å²) in [7, 11) is 0. The van der Waals surface area contributed by atoms with Crippen molar-refractivity contribution in [1.82, 2.24) is 4.90 Å². The maximum Gasteiger partial charge on any atom is 0.328 e. The number of rotatable bonds is 10. The number of carbonyl (C=O) groups excluding carboxylic acids is 5. The van der Waals surface area contributed by atoms with Gasteiger partial charge in [0, 0.05) is 50.9 Å². The van der Waals surface area contributed by atoms with Gasteiger partial charge in [-0.3, -0.25) is 24.0 Å². The molecule has 2 aliphatic carbocycles. The summed E-state index contributed by atoms with van der Waals surface area (Å²) in [5.74, 6) is -2.24. The summed E-state index contributed by atoms with van der Waals surface area (Å²) in [5, 5.41) is 8.91. The van der Waals surface area contributed by atoms with E-state index in [1.54, 1.807) is 13.8 Å². The summed E-state index contributed by atoms with van der Waals surface area (Å²) in [6.45, 7) is 11.8. The molecule has 0 radical (unpaired) electrons. The monoisotopic (exact) mass is 527 g/mol. The highest BCUT2D eigenvalue weighted by Gasteiger charge is 2.37. The maximum atomic E-state index is 12.7. The molecule has 1 amide bonds. The smallest absolute Gasteiger partial charge is 0.328 e. The number of allylic oxidation sites excluding steroid dienone is 4. The van der Waals surface area contributed by atoms with Crippen LogP contribution in [0, 0.1) is 10.8 Å². The number of nitrogens with zero attached hydrogens (tertiary/aromatic N) is 1. The first-order chi connectivity index (χ1) is 17.5. The minimum atomic E-state index is -1.23. The molecule has 0 saturated heterocycles. The van der Waals surface area contributed by atoms with E-state index in [9.17, 15) is 28.8 Å². The third-order valence-electron chi connectivity index (χ3n) is 7.17. The van der Waals surface area contributed by atoms with Gasteiger partial charge >= 0.3 is 5.97 Å². The molecule has 8 heteroatoms. The van der Waals surface area contributed by atoms with E-state index in [-0.39, 0.29) is 45.1 Å². The van der Waals surface area contributed by atoms with Gasteiger partial charge in [-0.2, -0.15) is 0 Å². The van der Waals surface area contributed by atoms with Crippen LogP contribution in [0.4, 0.5) is 0 Å². The Bertz CT molecular complexity index is 1000. The van der Waals surface area contributed by atoms with Gasteiger partial charge in [-0.15, -0.1) is 0 Å². The maximum absolute atomic E-state index is 12.7. The topological polar surface area (TPSA) is 126 Å². The van der Waals surface area contributed by atoms with E-state index in [2.05, 4.69) is 0 Å². The van der Waals surface area contributed by atoms with E-state index in [4.69, 9.17) is 5.11 Å². The molecule has 0 spiro atoms. The van der Waals surface area contributed by atoms with Crippen molar-refractivity contribution < 1.29 is 33.9 Å². The number of carboxylic acid groups (broad SMARTS) is 1. The quantitative estimate of drug-likeness (QED) is 0.326. The first-order valence-corrected chi connectivity index (χ1v) is 13.3. The molecule has 8 nitrogen and oxygen atoms in total. The highest BCUT2D eigenvalue weighted by molar-refractivity contribution is 6.23. The van der Waals surface area contributed by atoms with Crippen molar-refractivity contribution in [3.8, 4) is 0 Å². The number of amides is 1. The van der Waals surface area contributed by atoms with Crippen LogP contribution in [0.2, 0.25) is 0 Å². The molecule has 2 saturated carbocycles. The Morgan fingerprint density at radius 2 is 1.05 bits per heavy atom. The lowest BCUT2D eigenvalue weighted by molar-refractivity contribution is -0.132. The van der Waals surface area contributed by atoms with Crippen LogP contribution in [0.5, 0.6) is 0 Å². The van der Waals surface area contributed by atoms with Crippen molar-refractivity contribution in [2.24, 2.45) is 10.8 Å². The van der Waals surface area contributed by atoms with Crippen molar-refractivity contribution in [3.05, 3.63) is 34.4 Å². The SMILES string of the molecule is CC(CCCN(CCCC(C)=C1C(=O)CC(C)(C)CC1=O)C(=O)/C=C\C(=O)O)=C1C(=O)CC(C)(C)CC1=O. The molecule has 2 fully saturated rings. The average molecular weight is 528 g/mol. The standard InChI is InChI=1S/C30H41NO7/c1-19(27-21(32)15-29(3,4)16-22(27)33)9-7-13-31(25(36)11-12-26(37)38)14-8-10-20(2)28-23(34)17-30(5,6)18-24(28)35/h11-12H,7-10,13-18H2,1-6H3,(H,37,38)/b12-11-. The van der Waals surface area contributed by atoms with Crippen LogP contribution in [-0.2, 0) is 28.8 Å². The molecule has 38 heavy (non-hydrogen) atoms. The van der Waals surface area contributed by atoms with E-state index >= 15 is 0 Å². The fourth-order valence-electron chi connectivity index (χ4n) is 5.38. The number of hydrogen-bond donors (Lipinski definition) is 1. The molecule has 0 aromatic carbocycles. The van der Waals surface area contributed by atoms with Crippen molar-refractivity contribution in [1.29, 1.82) is 0 Å². The Balaban J connectivity index is 2.06. The van der Waals surface area contributed by atoms with Crippen LogP contribution in [0.1, 0.15) is 92.9 Å². The van der Waals surface area contributed by atoms with Crippen LogP contribution in [0.25, 0.3) is 0 Å². The molecule has 2 aliphatic rings. The second-order valence-electron chi connectivity index (χ2n) is 12.2. The minimum absolute atomic E-state index is 0.139. The molecule has 0 aromatic rings. The molecule has 208 valence electrons. The first kappa shape index (κ1) is 31.1. The molecular formula is C30H41NO7. The van der Waals surface area contributed by atoms with Gasteiger partial charge in [0.15, 0.2) is 23.1 Å². The van der Waals surface area contributed by atoms with Gasteiger partial charge in [-0.05, 0) is 50.4 Å². The predicted octanol–water partition coefficient (Wildman–Crippen LogP) is 4.57. The zero-order chi connectivity index (χ0) is 28.8. The summed E-state index contributed by atoms with van der Waals surface area (Å²) in [4.78, 5) is 75.4. The molecule has 0 aromatic heterocycles. The summed E-state index contributed by atoms with van der Waals surface area (Å²) < 4.78 is 0. The molecule has 0 heterocycles. The van der Waals surface area contributed by atoms with E-state index in [1.165, 1.54) is 4.90 Å². The lowest BCUT2D eigenvalue weighted by Crippen LogP contribution is -2.33. The Morgan fingerprint density at radius 1 is 0.711 bits per heavy atom. The van der Waals surface area contributed by atoms with Crippen LogP contribution < -0.4 is 0 Å². The van der Waals surface area contributed by atoms with Gasteiger partial charge in [0.2, 0.25) is 5.91 Å². The molecule has 2 rings (SSSR count). The van der Waals surface area contributed by atoms with Crippen LogP contribution in [-0.4, -0.2) is 58.1 Å². The summed E-state index contributed by atoms with van der Waals surface area (Å²) in [6.07, 6.45) is 5.02. The van der Waals surface area contributed by atoms with Crippen molar-refractivity contribution in [2.75, 3.05) is 13.1 Å². The lowest BCUT2D eigenvalue weighted by Gasteiger charge is -2.29. The highest BCUT2D eigenvalue weighted by Crippen LogP contribution is 2.36. The van der Waals surface area contributed by atoms with Gasteiger partial charge in [-0.25, -0.2) is 4.79 Å². The largest absolute Gasteiger partial charge is 0.478 e. The molecule has 0 atom stereocenters. The third kappa shape index (κ3) is 8.71. The number of carboxylic acids is 1. The predicted molar refractivity (Wildman–Crippen MR) is 143 cm³/mol. The fourth-order valence-corrected chi connectivity index (χ4v) is 5.38. The Kier molecular flexibility index (Phi) is 10.3.